The van der Waals surface area contributed by atoms with Crippen LogP contribution in [-0.2, 0) is 26.2 Å². The molecule has 0 fully saturated rings. The topological polar surface area (TPSA) is 86.8 Å². The maximum atomic E-state index is 13.4. The van der Waals surface area contributed by atoms with E-state index in [4.69, 9.17) is 34.8 Å². The number of halogens is 3. The van der Waals surface area contributed by atoms with Crippen LogP contribution in [0, 0.1) is 6.92 Å². The summed E-state index contributed by atoms with van der Waals surface area (Å²) < 4.78 is 26.0. The van der Waals surface area contributed by atoms with Gasteiger partial charge in [0.1, 0.15) is 12.6 Å². The van der Waals surface area contributed by atoms with Crippen LogP contribution in [0.15, 0.2) is 36.4 Å². The normalized spacial score (nSPS) is 12.2. The number of hydrogen-bond acceptors (Lipinski definition) is 4. The van der Waals surface area contributed by atoms with Crippen molar-refractivity contribution in [3.05, 3.63) is 62.6 Å². The molecular weight excluding hydrogens is 509 g/mol. The van der Waals surface area contributed by atoms with Gasteiger partial charge in [0.05, 0.1) is 11.9 Å². The molecule has 2 amide bonds. The van der Waals surface area contributed by atoms with Crippen LogP contribution in [0.1, 0.15) is 25.0 Å². The number of amides is 2. The van der Waals surface area contributed by atoms with E-state index in [0.717, 1.165) is 16.1 Å². The highest BCUT2D eigenvalue weighted by atomic mass is 35.5. The molecule has 11 heteroatoms. The van der Waals surface area contributed by atoms with E-state index in [9.17, 15) is 18.0 Å². The number of nitrogens with one attached hydrogen (secondary N) is 1. The Morgan fingerprint density at radius 2 is 1.73 bits per heavy atom. The number of hydrogen-bond donors (Lipinski definition) is 1. The van der Waals surface area contributed by atoms with E-state index in [1.807, 2.05) is 0 Å². The van der Waals surface area contributed by atoms with Crippen LogP contribution in [0.25, 0.3) is 0 Å². The fourth-order valence-electron chi connectivity index (χ4n) is 3.09. The predicted molar refractivity (Wildman–Crippen MR) is 134 cm³/mol. The minimum Gasteiger partial charge on any atom is -0.355 e. The molecule has 0 aliphatic carbocycles. The highest BCUT2D eigenvalue weighted by Gasteiger charge is 2.30. The van der Waals surface area contributed by atoms with E-state index in [-0.39, 0.29) is 18.1 Å². The summed E-state index contributed by atoms with van der Waals surface area (Å²) >= 11 is 18.4. The fraction of sp³-hybridized carbons (Fsp3) is 0.364. The lowest BCUT2D eigenvalue weighted by atomic mass is 10.1. The van der Waals surface area contributed by atoms with E-state index >= 15 is 0 Å². The Morgan fingerprint density at radius 1 is 1.06 bits per heavy atom. The van der Waals surface area contributed by atoms with Gasteiger partial charge in [-0.2, -0.15) is 0 Å². The Bertz CT molecular complexity index is 1140. The minimum absolute atomic E-state index is 0.0145. The second kappa shape index (κ2) is 11.4. The summed E-state index contributed by atoms with van der Waals surface area (Å²) in [5, 5.41) is 3.81. The Kier molecular flexibility index (Phi) is 9.43. The van der Waals surface area contributed by atoms with E-state index < -0.39 is 28.5 Å². The SMILES string of the molecule is CCNC(=O)[C@@H](C)N(Cc1ccc(Cl)cc1Cl)C(=O)CN(c1ccc(C)c(Cl)c1)S(C)(=O)=O. The van der Waals surface area contributed by atoms with Gasteiger partial charge in [0.25, 0.3) is 0 Å². The molecule has 0 bridgehead atoms. The highest BCUT2D eigenvalue weighted by molar-refractivity contribution is 7.92. The third kappa shape index (κ3) is 7.24. The predicted octanol–water partition coefficient (Wildman–Crippen LogP) is 4.27. The molecule has 2 rings (SSSR count). The zero-order valence-electron chi connectivity index (χ0n) is 18.7. The molecule has 0 aromatic heterocycles. The van der Waals surface area contributed by atoms with Crippen molar-refractivity contribution in [1.29, 1.82) is 0 Å². The summed E-state index contributed by atoms with van der Waals surface area (Å²) in [5.74, 6) is -0.956. The van der Waals surface area contributed by atoms with E-state index in [1.165, 1.54) is 17.0 Å². The first-order chi connectivity index (χ1) is 15.3. The second-order valence-corrected chi connectivity index (χ2v) is 10.7. The first kappa shape index (κ1) is 27.2. The number of benzene rings is 2. The zero-order chi connectivity index (χ0) is 24.9. The molecule has 2 aromatic carbocycles. The van der Waals surface area contributed by atoms with Gasteiger partial charge in [-0.25, -0.2) is 8.42 Å². The Hall–Kier alpha value is -2.00. The molecule has 7 nitrogen and oxygen atoms in total. The number of likely N-dealkylation sites (N-methyl/N-ethyl adjacent to an activating group) is 1. The molecule has 2 aromatic rings. The van der Waals surface area contributed by atoms with Gasteiger partial charge in [-0.05, 0) is 56.2 Å². The molecule has 0 spiro atoms. The van der Waals surface area contributed by atoms with E-state index in [1.54, 1.807) is 45.0 Å². The average molecular weight is 535 g/mol. The molecule has 1 N–H and O–H groups in total. The molecule has 0 saturated heterocycles. The number of aryl methyl sites for hydroxylation is 1. The third-order valence-electron chi connectivity index (χ3n) is 5.00. The summed E-state index contributed by atoms with van der Waals surface area (Å²) in [6.45, 7) is 4.96. The lowest BCUT2D eigenvalue weighted by molar-refractivity contribution is -0.139. The number of carbonyl (C=O) groups is 2. The average Bonchev–Trinajstić information content (AvgIpc) is 2.72. The quantitative estimate of drug-likeness (QED) is 0.520. The summed E-state index contributed by atoms with van der Waals surface area (Å²) in [4.78, 5) is 27.2. The first-order valence-electron chi connectivity index (χ1n) is 10.1. The molecule has 0 saturated carbocycles. The van der Waals surface area contributed by atoms with Crippen LogP contribution in [-0.4, -0.2) is 50.5 Å². The van der Waals surface area contributed by atoms with Crippen LogP contribution in [0.5, 0.6) is 0 Å². The first-order valence-corrected chi connectivity index (χ1v) is 13.1. The van der Waals surface area contributed by atoms with Gasteiger partial charge < -0.3 is 10.2 Å². The summed E-state index contributed by atoms with van der Waals surface area (Å²) in [7, 11) is -3.84. The van der Waals surface area contributed by atoms with E-state index in [0.29, 0.717) is 27.2 Å². The van der Waals surface area contributed by atoms with Gasteiger partial charge in [0.2, 0.25) is 21.8 Å². The van der Waals surface area contributed by atoms with Gasteiger partial charge in [0, 0.05) is 28.2 Å². The molecule has 0 unspecified atom stereocenters. The molecule has 33 heavy (non-hydrogen) atoms. The number of carbonyl (C=O) groups excluding carboxylic acids is 2. The highest BCUT2D eigenvalue weighted by Crippen LogP contribution is 2.26. The Balaban J connectivity index is 2.43. The van der Waals surface area contributed by atoms with Crippen LogP contribution in [0.3, 0.4) is 0 Å². The van der Waals surface area contributed by atoms with Gasteiger partial charge in [0.15, 0.2) is 0 Å². The zero-order valence-corrected chi connectivity index (χ0v) is 21.8. The smallest absolute Gasteiger partial charge is 0.244 e. The van der Waals surface area contributed by atoms with Crippen LogP contribution in [0.4, 0.5) is 5.69 Å². The number of anilines is 1. The monoisotopic (exact) mass is 533 g/mol. The lowest BCUT2D eigenvalue weighted by Crippen LogP contribution is -2.51. The second-order valence-electron chi connectivity index (χ2n) is 7.53. The van der Waals surface area contributed by atoms with Gasteiger partial charge in [-0.15, -0.1) is 0 Å². The largest absolute Gasteiger partial charge is 0.355 e. The Labute approximate surface area is 209 Å². The number of sulfonamides is 1. The van der Waals surface area contributed by atoms with E-state index in [2.05, 4.69) is 5.32 Å². The molecule has 180 valence electrons. The fourth-order valence-corrected chi connectivity index (χ4v) is 4.57. The summed E-state index contributed by atoms with van der Waals surface area (Å²) in [6, 6.07) is 8.66. The molecule has 1 atom stereocenters. The summed E-state index contributed by atoms with van der Waals surface area (Å²) in [6.07, 6.45) is 1.00. The maximum Gasteiger partial charge on any atom is 0.244 e. The van der Waals surface area contributed by atoms with Crippen molar-refractivity contribution in [2.75, 3.05) is 23.7 Å². The standard InChI is InChI=1S/C22H26Cl3N3O4S/c1-5-26-22(30)15(3)27(12-16-7-8-17(23)10-20(16)25)21(29)13-28(33(4,31)32)18-9-6-14(2)19(24)11-18/h6-11,15H,5,12-13H2,1-4H3,(H,26,30)/t15-/m1/s1. The van der Waals surface area contributed by atoms with Crippen molar-refractivity contribution in [2.45, 2.75) is 33.4 Å². The number of rotatable bonds is 9. The molecule has 0 radical (unpaired) electrons. The van der Waals surface area contributed by atoms with Crippen molar-refractivity contribution in [2.24, 2.45) is 0 Å². The third-order valence-corrected chi connectivity index (χ3v) is 7.13. The van der Waals surface area contributed by atoms with Crippen molar-refractivity contribution < 1.29 is 18.0 Å². The molecule has 0 heterocycles. The van der Waals surface area contributed by atoms with Crippen LogP contribution >= 0.6 is 34.8 Å². The van der Waals surface area contributed by atoms with Crippen molar-refractivity contribution >= 4 is 62.3 Å². The van der Waals surface area contributed by atoms with Crippen LogP contribution < -0.4 is 9.62 Å². The van der Waals surface area contributed by atoms with Gasteiger partial charge in [-0.1, -0.05) is 46.9 Å². The number of nitrogens with zero attached hydrogens (tertiary/aromatic N) is 2. The molecule has 0 aliphatic rings. The van der Waals surface area contributed by atoms with Crippen LogP contribution in [0.2, 0.25) is 15.1 Å². The van der Waals surface area contributed by atoms with Gasteiger partial charge in [-0.3, -0.25) is 13.9 Å². The summed E-state index contributed by atoms with van der Waals surface area (Å²) in [5.41, 5.74) is 1.58. The molecule has 0 aliphatic heterocycles. The van der Waals surface area contributed by atoms with Gasteiger partial charge >= 0.3 is 0 Å². The van der Waals surface area contributed by atoms with Crippen molar-refractivity contribution in [3.63, 3.8) is 0 Å². The van der Waals surface area contributed by atoms with Crippen molar-refractivity contribution in [3.8, 4) is 0 Å². The van der Waals surface area contributed by atoms with Crippen molar-refractivity contribution in [1.82, 2.24) is 10.2 Å². The molecular formula is C22H26Cl3N3O4S. The maximum absolute atomic E-state index is 13.4. The minimum atomic E-state index is -3.84. The lowest BCUT2D eigenvalue weighted by Gasteiger charge is -2.31. The Morgan fingerprint density at radius 3 is 2.27 bits per heavy atom.